The first-order chi connectivity index (χ1) is 9.74. The molecule has 0 aliphatic heterocycles. The fourth-order valence-corrected chi connectivity index (χ4v) is 2.85. The van der Waals surface area contributed by atoms with Gasteiger partial charge in [0, 0.05) is 18.9 Å². The van der Waals surface area contributed by atoms with Crippen LogP contribution < -0.4 is 5.46 Å². The molecule has 0 fully saturated rings. The lowest BCUT2D eigenvalue weighted by Crippen LogP contribution is -2.30. The van der Waals surface area contributed by atoms with Crippen molar-refractivity contribution in [2.45, 2.75) is 6.54 Å². The van der Waals surface area contributed by atoms with Gasteiger partial charge in [-0.15, -0.1) is 11.3 Å². The van der Waals surface area contributed by atoms with Gasteiger partial charge in [-0.1, -0.05) is 30.3 Å². The lowest BCUT2D eigenvalue weighted by molar-refractivity contribution is 0.425. The minimum absolute atomic E-state index is 0.500. The molecule has 0 aliphatic rings. The zero-order chi connectivity index (χ0) is 13.9. The van der Waals surface area contributed by atoms with Gasteiger partial charge >= 0.3 is 7.12 Å². The number of hydrogen-bond donors (Lipinski definition) is 2. The molecule has 0 saturated heterocycles. The molecule has 0 spiro atoms. The number of thiophene rings is 1. The lowest BCUT2D eigenvalue weighted by Gasteiger charge is -2.08. The molecule has 0 bridgehead atoms. The third kappa shape index (κ3) is 2.67. The van der Waals surface area contributed by atoms with Crippen LogP contribution in [-0.2, 0) is 6.54 Å². The van der Waals surface area contributed by atoms with Gasteiger partial charge in [0.2, 0.25) is 0 Å². The molecular weight excluding hydrogens is 271 g/mol. The monoisotopic (exact) mass is 284 g/mol. The molecule has 3 aromatic rings. The second kappa shape index (κ2) is 5.62. The van der Waals surface area contributed by atoms with Crippen molar-refractivity contribution in [3.8, 4) is 10.7 Å². The van der Waals surface area contributed by atoms with Crippen molar-refractivity contribution in [3.63, 3.8) is 0 Å². The van der Waals surface area contributed by atoms with Crippen LogP contribution in [0.2, 0.25) is 0 Å². The first-order valence-corrected chi connectivity index (χ1v) is 7.12. The third-order valence-electron chi connectivity index (χ3n) is 3.06. The second-order valence-corrected chi connectivity index (χ2v) is 5.42. The van der Waals surface area contributed by atoms with Crippen LogP contribution in [0.3, 0.4) is 0 Å². The highest BCUT2D eigenvalue weighted by Crippen LogP contribution is 2.23. The molecule has 0 saturated carbocycles. The van der Waals surface area contributed by atoms with Gasteiger partial charge in [-0.2, -0.15) is 0 Å². The molecule has 0 amide bonds. The van der Waals surface area contributed by atoms with Gasteiger partial charge in [0.15, 0.2) is 0 Å². The summed E-state index contributed by atoms with van der Waals surface area (Å²) in [5.74, 6) is 0.926. The van der Waals surface area contributed by atoms with Gasteiger partial charge in [-0.05, 0) is 22.5 Å². The van der Waals surface area contributed by atoms with E-state index >= 15 is 0 Å². The summed E-state index contributed by atoms with van der Waals surface area (Å²) in [6.07, 6.45) is 3.71. The Morgan fingerprint density at radius 3 is 2.85 bits per heavy atom. The number of aromatic nitrogens is 2. The molecule has 0 atom stereocenters. The van der Waals surface area contributed by atoms with E-state index in [9.17, 15) is 10.0 Å². The summed E-state index contributed by atoms with van der Waals surface area (Å²) in [7, 11) is -1.44. The van der Waals surface area contributed by atoms with Crippen LogP contribution in [0.5, 0.6) is 0 Å². The molecule has 0 unspecified atom stereocenters. The number of benzene rings is 1. The van der Waals surface area contributed by atoms with E-state index in [-0.39, 0.29) is 0 Å². The van der Waals surface area contributed by atoms with Crippen LogP contribution in [0.1, 0.15) is 5.56 Å². The zero-order valence-corrected chi connectivity index (χ0v) is 11.5. The number of rotatable bonds is 4. The Morgan fingerprint density at radius 2 is 2.10 bits per heavy atom. The minimum atomic E-state index is -1.44. The summed E-state index contributed by atoms with van der Waals surface area (Å²) in [6, 6.07) is 11.3. The van der Waals surface area contributed by atoms with Gasteiger partial charge in [0.1, 0.15) is 5.82 Å². The van der Waals surface area contributed by atoms with E-state index in [0.717, 1.165) is 16.3 Å². The maximum absolute atomic E-state index is 9.22. The second-order valence-electron chi connectivity index (χ2n) is 4.47. The average molecular weight is 284 g/mol. The molecule has 0 aliphatic carbocycles. The van der Waals surface area contributed by atoms with E-state index in [1.165, 1.54) is 0 Å². The maximum atomic E-state index is 9.22. The smallest absolute Gasteiger partial charge is 0.423 e. The van der Waals surface area contributed by atoms with Gasteiger partial charge in [-0.25, -0.2) is 4.98 Å². The van der Waals surface area contributed by atoms with Crippen molar-refractivity contribution in [2.24, 2.45) is 0 Å². The van der Waals surface area contributed by atoms with Crippen LogP contribution in [0.25, 0.3) is 10.7 Å². The number of imidazole rings is 1. The summed E-state index contributed by atoms with van der Waals surface area (Å²) in [6.45, 7) is 0.647. The first kappa shape index (κ1) is 13.1. The van der Waals surface area contributed by atoms with Gasteiger partial charge < -0.3 is 14.6 Å². The molecule has 1 aromatic carbocycles. The van der Waals surface area contributed by atoms with Crippen molar-refractivity contribution in [3.05, 3.63) is 59.7 Å². The fraction of sp³-hybridized carbons (Fsp3) is 0.0714. The molecule has 2 N–H and O–H groups in total. The first-order valence-electron chi connectivity index (χ1n) is 6.24. The van der Waals surface area contributed by atoms with Crippen LogP contribution in [0, 0.1) is 0 Å². The van der Waals surface area contributed by atoms with Crippen LogP contribution in [-0.4, -0.2) is 26.7 Å². The number of nitrogens with zero attached hydrogens (tertiary/aromatic N) is 2. The summed E-state index contributed by atoms with van der Waals surface area (Å²) >= 11 is 1.65. The van der Waals surface area contributed by atoms with E-state index in [4.69, 9.17) is 0 Å². The molecule has 100 valence electrons. The normalized spacial score (nSPS) is 10.7. The Labute approximate surface area is 121 Å². The van der Waals surface area contributed by atoms with Gasteiger partial charge in [0.05, 0.1) is 4.88 Å². The summed E-state index contributed by atoms with van der Waals surface area (Å²) in [4.78, 5) is 5.51. The van der Waals surface area contributed by atoms with Crippen LogP contribution in [0.15, 0.2) is 54.2 Å². The Bertz CT molecular complexity index is 695. The largest absolute Gasteiger partial charge is 0.488 e. The molecule has 20 heavy (non-hydrogen) atoms. The van der Waals surface area contributed by atoms with Crippen LogP contribution in [0.4, 0.5) is 0 Å². The van der Waals surface area contributed by atoms with Crippen molar-refractivity contribution in [1.29, 1.82) is 0 Å². The minimum Gasteiger partial charge on any atom is -0.423 e. The quantitative estimate of drug-likeness (QED) is 0.711. The summed E-state index contributed by atoms with van der Waals surface area (Å²) in [5, 5.41) is 20.5. The Kier molecular flexibility index (Phi) is 3.69. The van der Waals surface area contributed by atoms with E-state index < -0.39 is 7.12 Å². The lowest BCUT2D eigenvalue weighted by atomic mass is 9.79. The SMILES string of the molecule is OB(O)c1cccc(Cn2ccnc2-c2cccs2)c1. The molecule has 4 nitrogen and oxygen atoms in total. The Hall–Kier alpha value is -1.89. The zero-order valence-electron chi connectivity index (χ0n) is 10.7. The molecule has 0 radical (unpaired) electrons. The summed E-state index contributed by atoms with van der Waals surface area (Å²) < 4.78 is 2.05. The maximum Gasteiger partial charge on any atom is 0.488 e. The predicted octanol–water partition coefficient (Wildman–Crippen LogP) is 1.34. The third-order valence-corrected chi connectivity index (χ3v) is 3.92. The van der Waals surface area contributed by atoms with E-state index in [1.54, 1.807) is 29.7 Å². The average Bonchev–Trinajstić information content (AvgIpc) is 3.09. The van der Waals surface area contributed by atoms with Crippen molar-refractivity contribution in [2.75, 3.05) is 0 Å². The van der Waals surface area contributed by atoms with Gasteiger partial charge in [0.25, 0.3) is 0 Å². The van der Waals surface area contributed by atoms with E-state index in [0.29, 0.717) is 12.0 Å². The number of hydrogen-bond acceptors (Lipinski definition) is 4. The topological polar surface area (TPSA) is 58.3 Å². The highest BCUT2D eigenvalue weighted by molar-refractivity contribution is 7.13. The molecular formula is C14H13BN2O2S. The summed E-state index contributed by atoms with van der Waals surface area (Å²) in [5.41, 5.74) is 1.51. The molecule has 2 aromatic heterocycles. The molecule has 6 heteroatoms. The predicted molar refractivity (Wildman–Crippen MR) is 80.9 cm³/mol. The van der Waals surface area contributed by atoms with E-state index in [2.05, 4.69) is 9.55 Å². The highest BCUT2D eigenvalue weighted by Gasteiger charge is 2.12. The highest BCUT2D eigenvalue weighted by atomic mass is 32.1. The van der Waals surface area contributed by atoms with Crippen LogP contribution >= 0.6 is 11.3 Å². The Morgan fingerprint density at radius 1 is 1.20 bits per heavy atom. The Balaban J connectivity index is 1.89. The van der Waals surface area contributed by atoms with Gasteiger partial charge in [-0.3, -0.25) is 0 Å². The van der Waals surface area contributed by atoms with Crippen molar-refractivity contribution < 1.29 is 10.0 Å². The molecule has 2 heterocycles. The van der Waals surface area contributed by atoms with Crippen molar-refractivity contribution >= 4 is 23.9 Å². The van der Waals surface area contributed by atoms with E-state index in [1.807, 2.05) is 35.8 Å². The molecule has 3 rings (SSSR count). The van der Waals surface area contributed by atoms with Crippen molar-refractivity contribution in [1.82, 2.24) is 9.55 Å². The fourth-order valence-electron chi connectivity index (χ4n) is 2.12. The standard InChI is InChI=1S/C14H13BN2O2S/c18-15(19)12-4-1-3-11(9-12)10-17-7-6-16-14(17)13-5-2-8-20-13/h1-9,18-19H,10H2.